The van der Waals surface area contributed by atoms with Crippen molar-refractivity contribution in [2.75, 3.05) is 13.2 Å². The molecule has 0 aromatic heterocycles. The highest BCUT2D eigenvalue weighted by Gasteiger charge is 2.35. The minimum atomic E-state index is -4.69. The maximum atomic E-state index is 11.5. The van der Waals surface area contributed by atoms with Gasteiger partial charge < -0.3 is 25.3 Å². The first kappa shape index (κ1) is 18.0. The second-order valence-electron chi connectivity index (χ2n) is 4.59. The molecule has 9 nitrogen and oxygen atoms in total. The van der Waals surface area contributed by atoms with Gasteiger partial charge in [-0.1, -0.05) is 13.8 Å². The van der Waals surface area contributed by atoms with Crippen molar-refractivity contribution in [3.05, 3.63) is 0 Å². The number of carbonyl (C=O) groups is 2. The Hall–Kier alpha value is -0.990. The lowest BCUT2D eigenvalue weighted by Crippen LogP contribution is -2.46. The molecule has 0 radical (unpaired) electrons. The van der Waals surface area contributed by atoms with Gasteiger partial charge in [-0.3, -0.25) is 14.1 Å². The number of carboxylic acids is 1. The summed E-state index contributed by atoms with van der Waals surface area (Å²) >= 11 is 0. The summed E-state index contributed by atoms with van der Waals surface area (Å²) in [5, 5.41) is 20.3. The molecule has 0 unspecified atom stereocenters. The monoisotopic (exact) mass is 299 g/mol. The van der Waals surface area contributed by atoms with Crippen molar-refractivity contribution in [1.29, 1.82) is 0 Å². The lowest BCUT2D eigenvalue weighted by atomic mass is 9.87. The van der Waals surface area contributed by atoms with Gasteiger partial charge >= 0.3 is 13.8 Å². The first-order chi connectivity index (χ1) is 8.46. The fourth-order valence-corrected chi connectivity index (χ4v) is 1.57. The van der Waals surface area contributed by atoms with Gasteiger partial charge in [0.1, 0.15) is 6.10 Å². The van der Waals surface area contributed by atoms with Gasteiger partial charge in [0.05, 0.1) is 13.0 Å². The van der Waals surface area contributed by atoms with Gasteiger partial charge in [-0.25, -0.2) is 4.57 Å². The SMILES string of the molecule is CC(C)(COP(=O)(O)O)[C@@H](O)C(=O)NCCC(=O)O. The normalized spacial score (nSPS) is 13.9. The number of amides is 1. The van der Waals surface area contributed by atoms with Gasteiger partial charge in [-0.05, 0) is 0 Å². The number of phosphoric acid groups is 1. The van der Waals surface area contributed by atoms with Crippen molar-refractivity contribution in [3.63, 3.8) is 0 Å². The van der Waals surface area contributed by atoms with Gasteiger partial charge in [0.2, 0.25) is 5.91 Å². The molecule has 0 saturated heterocycles. The number of carboxylic acid groups (broad SMARTS) is 1. The summed E-state index contributed by atoms with van der Waals surface area (Å²) in [5.74, 6) is -1.93. The molecule has 0 heterocycles. The first-order valence-corrected chi connectivity index (χ1v) is 6.86. The highest BCUT2D eigenvalue weighted by Crippen LogP contribution is 2.38. The number of nitrogens with one attached hydrogen (secondary N) is 1. The molecule has 1 atom stereocenters. The Morgan fingerprint density at radius 1 is 1.37 bits per heavy atom. The standard InChI is InChI=1S/C9H18NO8P/c1-9(2,5-18-19(15,16)17)7(13)8(14)10-4-3-6(11)12/h7,13H,3-5H2,1-2H3,(H,10,14)(H,11,12)(H2,15,16,17)/t7-/m0/s1. The van der Waals surface area contributed by atoms with E-state index in [1.807, 2.05) is 0 Å². The molecule has 0 rings (SSSR count). The van der Waals surface area contributed by atoms with Crippen LogP contribution in [0.4, 0.5) is 0 Å². The fourth-order valence-electron chi connectivity index (χ4n) is 1.07. The number of carbonyl (C=O) groups excluding carboxylic acids is 1. The van der Waals surface area contributed by atoms with Crippen LogP contribution in [0.25, 0.3) is 0 Å². The highest BCUT2D eigenvalue weighted by molar-refractivity contribution is 7.46. The smallest absolute Gasteiger partial charge is 0.469 e. The molecule has 0 aliphatic rings. The Morgan fingerprint density at radius 3 is 2.32 bits per heavy atom. The lowest BCUT2D eigenvalue weighted by molar-refractivity contribution is -0.138. The summed E-state index contributed by atoms with van der Waals surface area (Å²) in [5.41, 5.74) is -1.24. The van der Waals surface area contributed by atoms with E-state index in [9.17, 15) is 19.3 Å². The van der Waals surface area contributed by atoms with Gasteiger partial charge in [0.25, 0.3) is 0 Å². The van der Waals surface area contributed by atoms with E-state index >= 15 is 0 Å². The van der Waals surface area contributed by atoms with Crippen LogP contribution in [0.3, 0.4) is 0 Å². The Balaban J connectivity index is 4.35. The lowest BCUT2D eigenvalue weighted by Gasteiger charge is -2.29. The van der Waals surface area contributed by atoms with Gasteiger partial charge in [-0.15, -0.1) is 0 Å². The number of rotatable bonds is 8. The van der Waals surface area contributed by atoms with Crippen molar-refractivity contribution in [3.8, 4) is 0 Å². The van der Waals surface area contributed by atoms with E-state index < -0.39 is 37.8 Å². The van der Waals surface area contributed by atoms with Crippen molar-refractivity contribution >= 4 is 19.7 Å². The van der Waals surface area contributed by atoms with Crippen molar-refractivity contribution in [1.82, 2.24) is 5.32 Å². The second-order valence-corrected chi connectivity index (χ2v) is 5.83. The number of hydrogen-bond acceptors (Lipinski definition) is 5. The molecule has 0 saturated carbocycles. The van der Waals surface area contributed by atoms with Crippen LogP contribution >= 0.6 is 7.82 Å². The third kappa shape index (κ3) is 7.91. The van der Waals surface area contributed by atoms with E-state index in [1.165, 1.54) is 13.8 Å². The maximum Gasteiger partial charge on any atom is 0.469 e. The average molecular weight is 299 g/mol. The number of phosphoric ester groups is 1. The van der Waals surface area contributed by atoms with E-state index in [2.05, 4.69) is 9.84 Å². The summed E-state index contributed by atoms with van der Waals surface area (Å²) in [7, 11) is -4.69. The number of aliphatic hydroxyl groups excluding tert-OH is 1. The summed E-state index contributed by atoms with van der Waals surface area (Å²) in [6.07, 6.45) is -1.88. The second kappa shape index (κ2) is 6.97. The van der Waals surface area contributed by atoms with Crippen molar-refractivity contribution < 1.29 is 38.7 Å². The minimum Gasteiger partial charge on any atom is -0.481 e. The van der Waals surface area contributed by atoms with Gasteiger partial charge in [0, 0.05) is 12.0 Å². The van der Waals surface area contributed by atoms with Crippen LogP contribution in [0, 0.1) is 5.41 Å². The number of aliphatic carboxylic acids is 1. The van der Waals surface area contributed by atoms with Gasteiger partial charge in [-0.2, -0.15) is 0 Å². The third-order valence-corrected chi connectivity index (χ3v) is 2.70. The van der Waals surface area contributed by atoms with Crippen LogP contribution < -0.4 is 5.32 Å². The van der Waals surface area contributed by atoms with Crippen LogP contribution in [0.15, 0.2) is 0 Å². The van der Waals surface area contributed by atoms with E-state index in [1.54, 1.807) is 0 Å². The molecular weight excluding hydrogens is 281 g/mol. The van der Waals surface area contributed by atoms with E-state index in [-0.39, 0.29) is 13.0 Å². The zero-order valence-electron chi connectivity index (χ0n) is 10.6. The third-order valence-electron chi connectivity index (χ3n) is 2.23. The largest absolute Gasteiger partial charge is 0.481 e. The number of aliphatic hydroxyl groups is 1. The van der Waals surface area contributed by atoms with Crippen LogP contribution in [-0.4, -0.2) is 51.1 Å². The number of hydrogen-bond donors (Lipinski definition) is 5. The Kier molecular flexibility index (Phi) is 6.61. The van der Waals surface area contributed by atoms with Crippen molar-refractivity contribution in [2.45, 2.75) is 26.4 Å². The van der Waals surface area contributed by atoms with Gasteiger partial charge in [0.15, 0.2) is 0 Å². The molecule has 0 fully saturated rings. The van der Waals surface area contributed by atoms with Crippen molar-refractivity contribution in [2.24, 2.45) is 5.41 Å². The summed E-state index contributed by atoms with van der Waals surface area (Å²) in [4.78, 5) is 38.8. The molecule has 0 aliphatic carbocycles. The van der Waals surface area contributed by atoms with Crippen LogP contribution in [0.2, 0.25) is 0 Å². The minimum absolute atomic E-state index is 0.152. The first-order valence-electron chi connectivity index (χ1n) is 5.33. The Morgan fingerprint density at radius 2 is 1.89 bits per heavy atom. The van der Waals surface area contributed by atoms with E-state index in [0.29, 0.717) is 0 Å². The molecule has 112 valence electrons. The van der Waals surface area contributed by atoms with Crippen LogP contribution in [0.1, 0.15) is 20.3 Å². The molecule has 0 aromatic carbocycles. The molecule has 19 heavy (non-hydrogen) atoms. The molecule has 5 N–H and O–H groups in total. The zero-order chi connectivity index (χ0) is 15.3. The van der Waals surface area contributed by atoms with E-state index in [0.717, 1.165) is 0 Å². The molecule has 1 amide bonds. The predicted octanol–water partition coefficient (Wildman–Crippen LogP) is -0.926. The predicted molar refractivity (Wildman–Crippen MR) is 63.0 cm³/mol. The Labute approximate surface area is 109 Å². The van der Waals surface area contributed by atoms with E-state index in [4.69, 9.17) is 14.9 Å². The topological polar surface area (TPSA) is 153 Å². The molecule has 0 spiro atoms. The molecule has 10 heteroatoms. The quantitative estimate of drug-likeness (QED) is 0.360. The zero-order valence-corrected chi connectivity index (χ0v) is 11.5. The van der Waals surface area contributed by atoms with Crippen LogP contribution in [-0.2, 0) is 18.7 Å². The van der Waals surface area contributed by atoms with Crippen LogP contribution in [0.5, 0.6) is 0 Å². The summed E-state index contributed by atoms with van der Waals surface area (Å²) in [6, 6.07) is 0. The Bertz CT molecular complexity index is 376. The molecule has 0 bridgehead atoms. The highest BCUT2D eigenvalue weighted by atomic mass is 31.2. The summed E-state index contributed by atoms with van der Waals surface area (Å²) < 4.78 is 14.8. The fraction of sp³-hybridized carbons (Fsp3) is 0.778. The molecular formula is C9H18NO8P. The molecule has 0 aromatic rings. The maximum absolute atomic E-state index is 11.5. The average Bonchev–Trinajstić information content (AvgIpc) is 2.24. The summed E-state index contributed by atoms with van der Waals surface area (Å²) in [6.45, 7) is 2.07. The molecule has 0 aliphatic heterocycles.